The van der Waals surface area contributed by atoms with Crippen LogP contribution in [0.2, 0.25) is 0 Å². The lowest BCUT2D eigenvalue weighted by Crippen LogP contribution is -2.36. The molecule has 2 rings (SSSR count). The molecular weight excluding hydrogens is 266 g/mol. The highest BCUT2D eigenvalue weighted by molar-refractivity contribution is 6.00. The molecular formula is C15H21N5O. The molecule has 1 heterocycles. The van der Waals surface area contributed by atoms with E-state index in [1.54, 1.807) is 23.0 Å². The third-order valence-corrected chi connectivity index (χ3v) is 3.14. The third kappa shape index (κ3) is 3.75. The van der Waals surface area contributed by atoms with Crippen molar-refractivity contribution in [3.05, 3.63) is 42.2 Å². The average molecular weight is 287 g/mol. The molecule has 6 nitrogen and oxygen atoms in total. The van der Waals surface area contributed by atoms with Gasteiger partial charge in [0.25, 0.3) is 5.91 Å². The number of nitrogen functional groups attached to an aromatic ring is 1. The van der Waals surface area contributed by atoms with E-state index in [9.17, 15) is 4.79 Å². The summed E-state index contributed by atoms with van der Waals surface area (Å²) in [5.41, 5.74) is 7.78. The van der Waals surface area contributed by atoms with Gasteiger partial charge in [-0.2, -0.15) is 5.10 Å². The number of amides is 1. The number of carbonyl (C=O) groups is 1. The average Bonchev–Trinajstić information content (AvgIpc) is 2.90. The van der Waals surface area contributed by atoms with E-state index in [2.05, 4.69) is 10.4 Å². The zero-order chi connectivity index (χ0) is 15.4. The Bertz CT molecular complexity index is 607. The smallest absolute Gasteiger partial charge is 0.253 e. The van der Waals surface area contributed by atoms with Crippen LogP contribution in [0.5, 0.6) is 0 Å². The van der Waals surface area contributed by atoms with Crippen LogP contribution in [0, 0.1) is 0 Å². The number of aromatic nitrogens is 2. The molecule has 0 aliphatic carbocycles. The maximum absolute atomic E-state index is 12.4. The van der Waals surface area contributed by atoms with Crippen LogP contribution in [0.3, 0.4) is 0 Å². The summed E-state index contributed by atoms with van der Waals surface area (Å²) in [4.78, 5) is 14.3. The second kappa shape index (κ2) is 6.30. The number of nitrogens with one attached hydrogen (secondary N) is 1. The second-order valence-electron chi connectivity index (χ2n) is 5.27. The Balaban J connectivity index is 2.11. The standard InChI is InChI=1S/C15H21N5O/c1-11(10-20-8-4-7-17-20)18-15(21)13-9-12(16)5-6-14(13)19(2)3/h4-9,11H,10,16H2,1-3H3,(H,18,21). The summed E-state index contributed by atoms with van der Waals surface area (Å²) in [6.07, 6.45) is 3.59. The van der Waals surface area contributed by atoms with Gasteiger partial charge < -0.3 is 16.0 Å². The molecule has 6 heteroatoms. The molecule has 0 fully saturated rings. The topological polar surface area (TPSA) is 76.2 Å². The highest BCUT2D eigenvalue weighted by atomic mass is 16.1. The largest absolute Gasteiger partial charge is 0.399 e. The van der Waals surface area contributed by atoms with Crippen LogP contribution in [0.25, 0.3) is 0 Å². The zero-order valence-corrected chi connectivity index (χ0v) is 12.6. The van der Waals surface area contributed by atoms with Gasteiger partial charge in [-0.25, -0.2) is 0 Å². The molecule has 1 unspecified atom stereocenters. The molecule has 1 aromatic carbocycles. The zero-order valence-electron chi connectivity index (χ0n) is 12.6. The molecule has 0 aliphatic heterocycles. The Morgan fingerprint density at radius 2 is 2.24 bits per heavy atom. The van der Waals surface area contributed by atoms with Gasteiger partial charge in [-0.1, -0.05) is 0 Å². The summed E-state index contributed by atoms with van der Waals surface area (Å²) in [6.45, 7) is 2.57. The Morgan fingerprint density at radius 3 is 2.86 bits per heavy atom. The molecule has 2 aromatic rings. The lowest BCUT2D eigenvalue weighted by Gasteiger charge is -2.19. The number of carbonyl (C=O) groups excluding carboxylic acids is 1. The van der Waals surface area contributed by atoms with E-state index in [0.717, 1.165) is 5.69 Å². The van der Waals surface area contributed by atoms with E-state index >= 15 is 0 Å². The summed E-state index contributed by atoms with van der Waals surface area (Å²) >= 11 is 0. The van der Waals surface area contributed by atoms with E-state index < -0.39 is 0 Å². The first-order valence-electron chi connectivity index (χ1n) is 6.82. The van der Waals surface area contributed by atoms with Crippen LogP contribution in [0.1, 0.15) is 17.3 Å². The molecule has 0 radical (unpaired) electrons. The highest BCUT2D eigenvalue weighted by Crippen LogP contribution is 2.21. The fraction of sp³-hybridized carbons (Fsp3) is 0.333. The van der Waals surface area contributed by atoms with Crippen molar-refractivity contribution >= 4 is 17.3 Å². The minimum atomic E-state index is -0.134. The number of nitrogens with two attached hydrogens (primary N) is 1. The Hall–Kier alpha value is -2.50. The fourth-order valence-electron chi connectivity index (χ4n) is 2.16. The minimum absolute atomic E-state index is 0.0335. The summed E-state index contributed by atoms with van der Waals surface area (Å²) in [5.74, 6) is -0.134. The predicted molar refractivity (Wildman–Crippen MR) is 84.3 cm³/mol. The first-order chi connectivity index (χ1) is 9.97. The van der Waals surface area contributed by atoms with Crippen molar-refractivity contribution in [1.82, 2.24) is 15.1 Å². The van der Waals surface area contributed by atoms with E-state index in [0.29, 0.717) is 17.8 Å². The number of anilines is 2. The van der Waals surface area contributed by atoms with Crippen molar-refractivity contribution in [2.45, 2.75) is 19.5 Å². The van der Waals surface area contributed by atoms with Gasteiger partial charge in [-0.3, -0.25) is 9.48 Å². The van der Waals surface area contributed by atoms with E-state index in [1.807, 2.05) is 44.2 Å². The van der Waals surface area contributed by atoms with Crippen LogP contribution >= 0.6 is 0 Å². The maximum atomic E-state index is 12.4. The van der Waals surface area contributed by atoms with Gasteiger partial charge in [0.1, 0.15) is 0 Å². The van der Waals surface area contributed by atoms with Gasteiger partial charge in [0.15, 0.2) is 0 Å². The highest BCUT2D eigenvalue weighted by Gasteiger charge is 2.15. The predicted octanol–water partition coefficient (Wildman–Crippen LogP) is 1.35. The van der Waals surface area contributed by atoms with Crippen LogP contribution < -0.4 is 16.0 Å². The maximum Gasteiger partial charge on any atom is 0.253 e. The molecule has 1 amide bonds. The Kier molecular flexibility index (Phi) is 4.47. The molecule has 3 N–H and O–H groups in total. The van der Waals surface area contributed by atoms with Gasteiger partial charge in [-0.05, 0) is 31.2 Å². The van der Waals surface area contributed by atoms with Crippen molar-refractivity contribution in [3.63, 3.8) is 0 Å². The Morgan fingerprint density at radius 1 is 1.48 bits per heavy atom. The molecule has 21 heavy (non-hydrogen) atoms. The number of benzene rings is 1. The van der Waals surface area contributed by atoms with Crippen molar-refractivity contribution in [3.8, 4) is 0 Å². The van der Waals surface area contributed by atoms with Crippen molar-refractivity contribution in [2.75, 3.05) is 24.7 Å². The molecule has 1 aromatic heterocycles. The molecule has 0 spiro atoms. The van der Waals surface area contributed by atoms with Gasteiger partial charge in [0, 0.05) is 43.9 Å². The number of hydrogen-bond donors (Lipinski definition) is 2. The Labute approximate surface area is 124 Å². The lowest BCUT2D eigenvalue weighted by atomic mass is 10.1. The third-order valence-electron chi connectivity index (χ3n) is 3.14. The van der Waals surface area contributed by atoms with E-state index in [4.69, 9.17) is 5.73 Å². The van der Waals surface area contributed by atoms with Crippen molar-refractivity contribution in [2.24, 2.45) is 0 Å². The number of rotatable bonds is 5. The fourth-order valence-corrected chi connectivity index (χ4v) is 2.16. The van der Waals surface area contributed by atoms with Gasteiger partial charge in [0.05, 0.1) is 12.1 Å². The van der Waals surface area contributed by atoms with Crippen LogP contribution in [0.4, 0.5) is 11.4 Å². The summed E-state index contributed by atoms with van der Waals surface area (Å²) in [6, 6.07) is 7.16. The van der Waals surface area contributed by atoms with Crippen LogP contribution in [-0.2, 0) is 6.54 Å². The lowest BCUT2D eigenvalue weighted by molar-refractivity contribution is 0.0936. The van der Waals surface area contributed by atoms with E-state index in [1.165, 1.54) is 0 Å². The summed E-state index contributed by atoms with van der Waals surface area (Å²) in [7, 11) is 3.80. The number of hydrogen-bond acceptors (Lipinski definition) is 4. The quantitative estimate of drug-likeness (QED) is 0.814. The molecule has 0 aliphatic rings. The first-order valence-corrected chi connectivity index (χ1v) is 6.82. The van der Waals surface area contributed by atoms with Gasteiger partial charge >= 0.3 is 0 Å². The SMILES string of the molecule is CC(Cn1cccn1)NC(=O)c1cc(N)ccc1N(C)C. The minimum Gasteiger partial charge on any atom is -0.399 e. The molecule has 1 atom stereocenters. The summed E-state index contributed by atoms with van der Waals surface area (Å²) in [5, 5.41) is 7.11. The number of nitrogens with zero attached hydrogens (tertiary/aromatic N) is 3. The molecule has 0 bridgehead atoms. The first kappa shape index (κ1) is 14.9. The van der Waals surface area contributed by atoms with E-state index in [-0.39, 0.29) is 11.9 Å². The van der Waals surface area contributed by atoms with Crippen molar-refractivity contribution in [1.29, 1.82) is 0 Å². The van der Waals surface area contributed by atoms with Crippen LogP contribution in [0.15, 0.2) is 36.7 Å². The van der Waals surface area contributed by atoms with Crippen LogP contribution in [-0.4, -0.2) is 35.8 Å². The second-order valence-corrected chi connectivity index (χ2v) is 5.27. The van der Waals surface area contributed by atoms with Gasteiger partial charge in [-0.15, -0.1) is 0 Å². The van der Waals surface area contributed by atoms with Gasteiger partial charge in [0.2, 0.25) is 0 Å². The molecule has 0 saturated carbocycles. The summed E-state index contributed by atoms with van der Waals surface area (Å²) < 4.78 is 1.79. The van der Waals surface area contributed by atoms with Crippen molar-refractivity contribution < 1.29 is 4.79 Å². The molecule has 112 valence electrons. The monoisotopic (exact) mass is 287 g/mol. The molecule has 0 saturated heterocycles. The normalized spacial score (nSPS) is 12.0.